The Morgan fingerprint density at radius 2 is 1.48 bits per heavy atom. The maximum Gasteiger partial charge on any atom is 0.131 e. The van der Waals surface area contributed by atoms with Crippen molar-refractivity contribution in [2.24, 2.45) is 0 Å². The summed E-state index contributed by atoms with van der Waals surface area (Å²) >= 11 is 0. The van der Waals surface area contributed by atoms with E-state index in [9.17, 15) is 4.39 Å². The summed E-state index contributed by atoms with van der Waals surface area (Å²) in [5, 5.41) is 0. The van der Waals surface area contributed by atoms with Gasteiger partial charge in [-0.3, -0.25) is 0 Å². The number of hydrogen-bond donors (Lipinski definition) is 0. The van der Waals surface area contributed by atoms with E-state index in [0.717, 1.165) is 53.2 Å². The van der Waals surface area contributed by atoms with E-state index < -0.39 is 0 Å². The largest absolute Gasteiger partial charge is 0.489 e. The van der Waals surface area contributed by atoms with Crippen LogP contribution in [0.3, 0.4) is 0 Å². The van der Waals surface area contributed by atoms with Crippen molar-refractivity contribution in [2.45, 2.75) is 25.9 Å². The Morgan fingerprint density at radius 1 is 0.760 bits per heavy atom. The first-order chi connectivity index (χ1) is 12.3. The Labute approximate surface area is 146 Å². The molecule has 0 heterocycles. The SMILES string of the molecule is Fc1ccc(Oc2ccc(OCc3ccccc3)cc2)c2c1CCC2. The second-order valence-corrected chi connectivity index (χ2v) is 6.20. The van der Waals surface area contributed by atoms with Crippen LogP contribution in [-0.4, -0.2) is 0 Å². The highest BCUT2D eigenvalue weighted by molar-refractivity contribution is 5.46. The molecule has 126 valence electrons. The van der Waals surface area contributed by atoms with Crippen LogP contribution >= 0.6 is 0 Å². The molecule has 4 rings (SSSR count). The fraction of sp³-hybridized carbons (Fsp3) is 0.182. The van der Waals surface area contributed by atoms with Gasteiger partial charge in [0.2, 0.25) is 0 Å². The lowest BCUT2D eigenvalue weighted by molar-refractivity contribution is 0.306. The number of hydrogen-bond acceptors (Lipinski definition) is 2. The third kappa shape index (κ3) is 3.50. The van der Waals surface area contributed by atoms with Gasteiger partial charge in [0.1, 0.15) is 29.7 Å². The summed E-state index contributed by atoms with van der Waals surface area (Å²) in [4.78, 5) is 0. The van der Waals surface area contributed by atoms with Crippen molar-refractivity contribution in [2.75, 3.05) is 0 Å². The van der Waals surface area contributed by atoms with Crippen LogP contribution in [0.2, 0.25) is 0 Å². The molecule has 0 saturated heterocycles. The van der Waals surface area contributed by atoms with Gasteiger partial charge < -0.3 is 9.47 Å². The van der Waals surface area contributed by atoms with Gasteiger partial charge in [-0.2, -0.15) is 0 Å². The van der Waals surface area contributed by atoms with Gasteiger partial charge in [-0.15, -0.1) is 0 Å². The molecular formula is C22H19FO2. The first kappa shape index (κ1) is 15.7. The average molecular weight is 334 g/mol. The van der Waals surface area contributed by atoms with Crippen molar-refractivity contribution in [1.29, 1.82) is 0 Å². The predicted molar refractivity (Wildman–Crippen MR) is 95.7 cm³/mol. The summed E-state index contributed by atoms with van der Waals surface area (Å²) in [6, 6.07) is 20.8. The maximum absolute atomic E-state index is 13.8. The zero-order valence-electron chi connectivity index (χ0n) is 13.9. The van der Waals surface area contributed by atoms with E-state index in [1.165, 1.54) is 6.07 Å². The highest BCUT2D eigenvalue weighted by atomic mass is 19.1. The normalized spacial score (nSPS) is 12.7. The van der Waals surface area contributed by atoms with Gasteiger partial charge in [-0.25, -0.2) is 4.39 Å². The Kier molecular flexibility index (Phi) is 4.38. The van der Waals surface area contributed by atoms with Gasteiger partial charge in [-0.05, 0) is 66.8 Å². The Hall–Kier alpha value is -2.81. The fourth-order valence-electron chi connectivity index (χ4n) is 3.20. The van der Waals surface area contributed by atoms with Gasteiger partial charge in [0.05, 0.1) is 0 Å². The van der Waals surface area contributed by atoms with Gasteiger partial charge in [0, 0.05) is 5.56 Å². The Morgan fingerprint density at radius 3 is 2.28 bits per heavy atom. The molecule has 25 heavy (non-hydrogen) atoms. The third-order valence-corrected chi connectivity index (χ3v) is 4.48. The highest BCUT2D eigenvalue weighted by Gasteiger charge is 2.19. The molecule has 2 nitrogen and oxygen atoms in total. The first-order valence-electron chi connectivity index (χ1n) is 8.54. The Balaban J connectivity index is 1.44. The number of benzene rings is 3. The summed E-state index contributed by atoms with van der Waals surface area (Å²) in [6.45, 7) is 0.534. The predicted octanol–water partition coefficient (Wildman–Crippen LogP) is 5.69. The van der Waals surface area contributed by atoms with Crippen molar-refractivity contribution in [1.82, 2.24) is 0 Å². The number of ether oxygens (including phenoxy) is 2. The minimum atomic E-state index is -0.121. The van der Waals surface area contributed by atoms with Crippen LogP contribution in [0.4, 0.5) is 4.39 Å². The molecule has 1 aliphatic rings. The van der Waals surface area contributed by atoms with E-state index in [2.05, 4.69) is 0 Å². The highest BCUT2D eigenvalue weighted by Crippen LogP contribution is 2.35. The molecule has 0 aliphatic heterocycles. The molecule has 1 aliphatic carbocycles. The van der Waals surface area contributed by atoms with E-state index in [0.29, 0.717) is 6.61 Å². The molecule has 0 fully saturated rings. The second-order valence-electron chi connectivity index (χ2n) is 6.20. The van der Waals surface area contributed by atoms with E-state index in [1.54, 1.807) is 6.07 Å². The lowest BCUT2D eigenvalue weighted by Gasteiger charge is -2.12. The van der Waals surface area contributed by atoms with Crippen LogP contribution in [0.25, 0.3) is 0 Å². The molecule has 0 N–H and O–H groups in total. The van der Waals surface area contributed by atoms with Crippen LogP contribution in [0.15, 0.2) is 66.7 Å². The summed E-state index contributed by atoms with van der Waals surface area (Å²) in [7, 11) is 0. The minimum absolute atomic E-state index is 0.121. The van der Waals surface area contributed by atoms with Crippen LogP contribution < -0.4 is 9.47 Å². The molecule has 0 atom stereocenters. The molecule has 3 aromatic rings. The summed E-state index contributed by atoms with van der Waals surface area (Å²) in [6.07, 6.45) is 2.66. The second kappa shape index (κ2) is 6.98. The van der Waals surface area contributed by atoms with E-state index in [1.807, 2.05) is 54.6 Å². The molecule has 0 unspecified atom stereocenters. The molecule has 0 spiro atoms. The van der Waals surface area contributed by atoms with Crippen molar-refractivity contribution >= 4 is 0 Å². The monoisotopic (exact) mass is 334 g/mol. The van der Waals surface area contributed by atoms with Crippen LogP contribution in [0.1, 0.15) is 23.1 Å². The first-order valence-corrected chi connectivity index (χ1v) is 8.54. The number of halogens is 1. The van der Waals surface area contributed by atoms with Crippen molar-refractivity contribution in [3.8, 4) is 17.2 Å². The summed E-state index contributed by atoms with van der Waals surface area (Å²) in [5.74, 6) is 2.16. The average Bonchev–Trinajstić information content (AvgIpc) is 3.15. The topological polar surface area (TPSA) is 18.5 Å². The van der Waals surface area contributed by atoms with Gasteiger partial charge in [0.25, 0.3) is 0 Å². The van der Waals surface area contributed by atoms with Gasteiger partial charge >= 0.3 is 0 Å². The zero-order chi connectivity index (χ0) is 17.1. The summed E-state index contributed by atoms with van der Waals surface area (Å²) < 4.78 is 25.6. The molecule has 3 heteroatoms. The number of rotatable bonds is 5. The lowest BCUT2D eigenvalue weighted by atomic mass is 10.1. The quantitative estimate of drug-likeness (QED) is 0.597. The Bertz CT molecular complexity index is 857. The molecule has 0 bridgehead atoms. The fourth-order valence-corrected chi connectivity index (χ4v) is 3.20. The smallest absolute Gasteiger partial charge is 0.131 e. The van der Waals surface area contributed by atoms with E-state index in [4.69, 9.17) is 9.47 Å². The van der Waals surface area contributed by atoms with E-state index in [-0.39, 0.29) is 5.82 Å². The molecule has 0 aromatic heterocycles. The molecule has 3 aromatic carbocycles. The minimum Gasteiger partial charge on any atom is -0.489 e. The zero-order valence-corrected chi connectivity index (χ0v) is 13.9. The van der Waals surface area contributed by atoms with E-state index >= 15 is 0 Å². The van der Waals surface area contributed by atoms with Gasteiger partial charge in [-0.1, -0.05) is 30.3 Å². The van der Waals surface area contributed by atoms with Crippen LogP contribution in [0, 0.1) is 5.82 Å². The third-order valence-electron chi connectivity index (χ3n) is 4.48. The van der Waals surface area contributed by atoms with Gasteiger partial charge in [0.15, 0.2) is 0 Å². The van der Waals surface area contributed by atoms with Crippen molar-refractivity contribution in [3.05, 3.63) is 89.2 Å². The standard InChI is InChI=1S/C22H19FO2/c23-21-13-14-22(20-8-4-7-19(20)21)25-18-11-9-17(10-12-18)24-15-16-5-2-1-3-6-16/h1-3,5-6,9-14H,4,7-8,15H2. The molecular weight excluding hydrogens is 315 g/mol. The lowest BCUT2D eigenvalue weighted by Crippen LogP contribution is -1.96. The van der Waals surface area contributed by atoms with Crippen LogP contribution in [-0.2, 0) is 19.4 Å². The maximum atomic E-state index is 13.8. The number of fused-ring (bicyclic) bond motifs is 1. The van der Waals surface area contributed by atoms with Crippen molar-refractivity contribution < 1.29 is 13.9 Å². The van der Waals surface area contributed by atoms with Crippen molar-refractivity contribution in [3.63, 3.8) is 0 Å². The molecule has 0 radical (unpaired) electrons. The molecule has 0 saturated carbocycles. The molecule has 0 amide bonds. The summed E-state index contributed by atoms with van der Waals surface area (Å²) in [5.41, 5.74) is 2.94. The van der Waals surface area contributed by atoms with Crippen LogP contribution in [0.5, 0.6) is 17.2 Å².